The van der Waals surface area contributed by atoms with Gasteiger partial charge in [-0.15, -0.1) is 0 Å². The van der Waals surface area contributed by atoms with E-state index in [1.165, 1.54) is 6.07 Å². The number of ether oxygens (including phenoxy) is 1. The van der Waals surface area contributed by atoms with Crippen molar-refractivity contribution in [1.82, 2.24) is 24.6 Å². The molecule has 8 nitrogen and oxygen atoms in total. The second-order valence-corrected chi connectivity index (χ2v) is 5.85. The standard InChI is InChI=1S/C16H21N5O3/c1-4-21-8-12(10(2)19-21)16(23)20-5-6-24-14(9-20)13-7-15(22)18-11(3)17-13/h7-8,14H,4-6,9H2,1-3H3,(H,17,18,22)/t14-/m0/s1. The van der Waals surface area contributed by atoms with Crippen LogP contribution in [0, 0.1) is 13.8 Å². The zero-order chi connectivity index (χ0) is 17.3. The molecular formula is C16H21N5O3. The Morgan fingerprint density at radius 2 is 2.25 bits per heavy atom. The molecule has 3 heterocycles. The highest BCUT2D eigenvalue weighted by molar-refractivity contribution is 5.95. The van der Waals surface area contributed by atoms with Gasteiger partial charge in [0.15, 0.2) is 0 Å². The minimum Gasteiger partial charge on any atom is -0.368 e. The van der Waals surface area contributed by atoms with Crippen molar-refractivity contribution in [3.8, 4) is 0 Å². The van der Waals surface area contributed by atoms with Crippen LogP contribution >= 0.6 is 0 Å². The summed E-state index contributed by atoms with van der Waals surface area (Å²) in [5, 5.41) is 4.33. The summed E-state index contributed by atoms with van der Waals surface area (Å²) in [4.78, 5) is 33.1. The smallest absolute Gasteiger partial charge is 0.257 e. The van der Waals surface area contributed by atoms with E-state index in [9.17, 15) is 9.59 Å². The molecule has 128 valence electrons. The van der Waals surface area contributed by atoms with Crippen LogP contribution in [-0.4, -0.2) is 50.3 Å². The van der Waals surface area contributed by atoms with E-state index in [1.807, 2.05) is 13.8 Å². The number of H-pyrrole nitrogens is 1. The molecule has 1 aliphatic rings. The Kier molecular flexibility index (Phi) is 4.48. The lowest BCUT2D eigenvalue weighted by molar-refractivity contribution is -0.0249. The number of aromatic nitrogens is 4. The number of amides is 1. The molecule has 8 heteroatoms. The highest BCUT2D eigenvalue weighted by atomic mass is 16.5. The number of carbonyl (C=O) groups excluding carboxylic acids is 1. The second kappa shape index (κ2) is 6.56. The molecule has 1 fully saturated rings. The van der Waals surface area contributed by atoms with Crippen molar-refractivity contribution in [2.45, 2.75) is 33.4 Å². The van der Waals surface area contributed by atoms with Crippen LogP contribution in [0.1, 0.15) is 40.6 Å². The number of aromatic amines is 1. The fourth-order valence-electron chi connectivity index (χ4n) is 2.84. The molecule has 2 aromatic heterocycles. The number of hydrogen-bond acceptors (Lipinski definition) is 5. The summed E-state index contributed by atoms with van der Waals surface area (Å²) in [6.07, 6.45) is 1.38. The average Bonchev–Trinajstić information content (AvgIpc) is 2.94. The van der Waals surface area contributed by atoms with Crippen LogP contribution in [0.25, 0.3) is 0 Å². The van der Waals surface area contributed by atoms with Crippen LogP contribution < -0.4 is 5.56 Å². The summed E-state index contributed by atoms with van der Waals surface area (Å²) in [7, 11) is 0. The van der Waals surface area contributed by atoms with Gasteiger partial charge in [0, 0.05) is 25.4 Å². The highest BCUT2D eigenvalue weighted by Crippen LogP contribution is 2.21. The Morgan fingerprint density at radius 3 is 2.92 bits per heavy atom. The van der Waals surface area contributed by atoms with Gasteiger partial charge < -0.3 is 14.6 Å². The van der Waals surface area contributed by atoms with Crippen molar-refractivity contribution in [1.29, 1.82) is 0 Å². The first-order chi connectivity index (χ1) is 11.5. The summed E-state index contributed by atoms with van der Waals surface area (Å²) in [5.74, 6) is 0.465. The largest absolute Gasteiger partial charge is 0.368 e. The predicted molar refractivity (Wildman–Crippen MR) is 86.8 cm³/mol. The first-order valence-electron chi connectivity index (χ1n) is 8.00. The van der Waals surface area contributed by atoms with E-state index >= 15 is 0 Å². The van der Waals surface area contributed by atoms with Gasteiger partial charge in [-0.25, -0.2) is 4.98 Å². The number of rotatable bonds is 3. The molecule has 0 radical (unpaired) electrons. The Morgan fingerprint density at radius 1 is 1.46 bits per heavy atom. The zero-order valence-electron chi connectivity index (χ0n) is 14.1. The molecule has 0 aromatic carbocycles. The van der Waals surface area contributed by atoms with Crippen LogP contribution in [0.5, 0.6) is 0 Å². The average molecular weight is 331 g/mol. The third-order valence-corrected chi connectivity index (χ3v) is 4.06. The summed E-state index contributed by atoms with van der Waals surface area (Å²) in [5.41, 5.74) is 1.65. The highest BCUT2D eigenvalue weighted by Gasteiger charge is 2.29. The Balaban J connectivity index is 1.81. The molecule has 0 spiro atoms. The Hall–Kier alpha value is -2.48. The minimum atomic E-state index is -0.398. The summed E-state index contributed by atoms with van der Waals surface area (Å²) < 4.78 is 7.47. The van der Waals surface area contributed by atoms with Gasteiger partial charge in [0.05, 0.1) is 30.1 Å². The molecule has 1 amide bonds. The van der Waals surface area contributed by atoms with Gasteiger partial charge in [0.1, 0.15) is 11.9 Å². The van der Waals surface area contributed by atoms with Crippen LogP contribution in [0.2, 0.25) is 0 Å². The summed E-state index contributed by atoms with van der Waals surface area (Å²) in [6.45, 7) is 7.53. The van der Waals surface area contributed by atoms with Crippen LogP contribution in [0.15, 0.2) is 17.1 Å². The van der Waals surface area contributed by atoms with Crippen molar-refractivity contribution < 1.29 is 9.53 Å². The molecule has 1 saturated heterocycles. The monoisotopic (exact) mass is 331 g/mol. The Labute approximate surface area is 139 Å². The molecule has 1 atom stereocenters. The third kappa shape index (κ3) is 3.23. The third-order valence-electron chi connectivity index (χ3n) is 4.06. The van der Waals surface area contributed by atoms with Gasteiger partial charge in [-0.05, 0) is 20.8 Å². The van der Waals surface area contributed by atoms with Gasteiger partial charge in [0.2, 0.25) is 0 Å². The first kappa shape index (κ1) is 16.4. The fourth-order valence-corrected chi connectivity index (χ4v) is 2.84. The molecule has 1 N–H and O–H groups in total. The van der Waals surface area contributed by atoms with Crippen LogP contribution in [-0.2, 0) is 11.3 Å². The van der Waals surface area contributed by atoms with E-state index < -0.39 is 6.10 Å². The van der Waals surface area contributed by atoms with Crippen molar-refractivity contribution in [3.05, 3.63) is 45.4 Å². The molecule has 2 aromatic rings. The zero-order valence-corrected chi connectivity index (χ0v) is 14.1. The number of morpholine rings is 1. The van der Waals surface area contributed by atoms with Gasteiger partial charge in [0.25, 0.3) is 11.5 Å². The summed E-state index contributed by atoms with van der Waals surface area (Å²) in [6, 6.07) is 1.42. The molecule has 0 bridgehead atoms. The molecule has 24 heavy (non-hydrogen) atoms. The maximum Gasteiger partial charge on any atom is 0.257 e. The SMILES string of the molecule is CCn1cc(C(=O)N2CCO[C@H](c3cc(=O)[nH]c(C)n3)C2)c(C)n1. The summed E-state index contributed by atoms with van der Waals surface area (Å²) >= 11 is 0. The van der Waals surface area contributed by atoms with Crippen molar-refractivity contribution >= 4 is 5.91 Å². The second-order valence-electron chi connectivity index (χ2n) is 5.85. The molecule has 1 aliphatic heterocycles. The van der Waals surface area contributed by atoms with Gasteiger partial charge in [-0.3, -0.25) is 14.3 Å². The minimum absolute atomic E-state index is 0.0675. The number of nitrogens with zero attached hydrogens (tertiary/aromatic N) is 4. The Bertz CT molecular complexity index is 810. The molecule has 0 unspecified atom stereocenters. The normalized spacial score (nSPS) is 18.0. The molecule has 3 rings (SSSR count). The van der Waals surface area contributed by atoms with Crippen LogP contribution in [0.4, 0.5) is 0 Å². The number of carbonyl (C=O) groups is 1. The lowest BCUT2D eigenvalue weighted by Crippen LogP contribution is -2.42. The van der Waals surface area contributed by atoms with E-state index in [2.05, 4.69) is 15.1 Å². The number of aryl methyl sites for hydroxylation is 3. The van der Waals surface area contributed by atoms with Crippen molar-refractivity contribution in [2.75, 3.05) is 19.7 Å². The van der Waals surface area contributed by atoms with Gasteiger partial charge in [-0.1, -0.05) is 0 Å². The van der Waals surface area contributed by atoms with Crippen LogP contribution in [0.3, 0.4) is 0 Å². The quantitative estimate of drug-likeness (QED) is 0.899. The predicted octanol–water partition coefficient (Wildman–Crippen LogP) is 0.817. The molecular weight excluding hydrogens is 310 g/mol. The lowest BCUT2D eigenvalue weighted by Gasteiger charge is -2.32. The van der Waals surface area contributed by atoms with Gasteiger partial charge >= 0.3 is 0 Å². The topological polar surface area (TPSA) is 93.1 Å². The van der Waals surface area contributed by atoms with E-state index in [4.69, 9.17) is 4.74 Å². The fraction of sp³-hybridized carbons (Fsp3) is 0.500. The number of nitrogens with one attached hydrogen (secondary N) is 1. The molecule has 0 saturated carbocycles. The first-order valence-corrected chi connectivity index (χ1v) is 8.00. The van der Waals surface area contributed by atoms with Crippen molar-refractivity contribution in [3.63, 3.8) is 0 Å². The maximum atomic E-state index is 12.8. The van der Waals surface area contributed by atoms with Gasteiger partial charge in [-0.2, -0.15) is 5.10 Å². The van der Waals surface area contributed by atoms with E-state index in [1.54, 1.807) is 22.7 Å². The van der Waals surface area contributed by atoms with E-state index in [0.29, 0.717) is 36.8 Å². The van der Waals surface area contributed by atoms with E-state index in [0.717, 1.165) is 12.2 Å². The maximum absolute atomic E-state index is 12.8. The lowest BCUT2D eigenvalue weighted by atomic mass is 10.1. The van der Waals surface area contributed by atoms with E-state index in [-0.39, 0.29) is 11.5 Å². The number of hydrogen-bond donors (Lipinski definition) is 1. The molecule has 0 aliphatic carbocycles. The van der Waals surface area contributed by atoms with Crippen molar-refractivity contribution in [2.24, 2.45) is 0 Å².